The van der Waals surface area contributed by atoms with Gasteiger partial charge in [-0.2, -0.15) is 0 Å². The maximum absolute atomic E-state index is 11.4. The Hall–Kier alpha value is -3.09. The third kappa shape index (κ3) is 2.14. The summed E-state index contributed by atoms with van der Waals surface area (Å²) < 4.78 is 1.51. The summed E-state index contributed by atoms with van der Waals surface area (Å²) in [4.78, 5) is 22.0. The quantitative estimate of drug-likeness (QED) is 0.418. The van der Waals surface area contributed by atoms with Gasteiger partial charge in [-0.1, -0.05) is 17.3 Å². The van der Waals surface area contributed by atoms with Gasteiger partial charge in [-0.3, -0.25) is 14.9 Å². The van der Waals surface area contributed by atoms with Gasteiger partial charge in [0.25, 0.3) is 5.69 Å². The molecule has 0 amide bonds. The van der Waals surface area contributed by atoms with Gasteiger partial charge < -0.3 is 0 Å². The summed E-state index contributed by atoms with van der Waals surface area (Å²) in [5.74, 6) is -0.350. The van der Waals surface area contributed by atoms with Crippen LogP contribution in [0.25, 0.3) is 16.7 Å². The minimum Gasteiger partial charge on any atom is -0.294 e. The summed E-state index contributed by atoms with van der Waals surface area (Å²) in [6.45, 7) is 1.30. The van der Waals surface area contributed by atoms with E-state index in [1.165, 1.54) is 23.7 Å². The van der Waals surface area contributed by atoms with Crippen LogP contribution in [0.5, 0.6) is 0 Å². The van der Waals surface area contributed by atoms with Gasteiger partial charge in [0, 0.05) is 6.07 Å². The van der Waals surface area contributed by atoms with E-state index < -0.39 is 4.92 Å². The third-order valence-electron chi connectivity index (χ3n) is 3.15. The molecule has 7 nitrogen and oxygen atoms in total. The Labute approximate surface area is 119 Å². The lowest BCUT2D eigenvalue weighted by Gasteiger charge is -2.04. The molecule has 1 aromatic heterocycles. The number of rotatable bonds is 3. The monoisotopic (exact) mass is 282 g/mol. The molecule has 1 heterocycles. The Morgan fingerprint density at radius 3 is 2.71 bits per heavy atom. The fourth-order valence-corrected chi connectivity index (χ4v) is 2.16. The normalized spacial score (nSPS) is 10.7. The predicted octanol–water partition coefficient (Wildman–Crippen LogP) is 2.53. The number of nitro groups is 1. The molecule has 0 N–H and O–H groups in total. The van der Waals surface area contributed by atoms with E-state index >= 15 is 0 Å². The van der Waals surface area contributed by atoms with Gasteiger partial charge in [0.1, 0.15) is 5.52 Å². The molecule has 0 saturated heterocycles. The molecule has 3 aromatic rings. The van der Waals surface area contributed by atoms with Crippen LogP contribution in [0.2, 0.25) is 0 Å². The summed E-state index contributed by atoms with van der Waals surface area (Å²) in [5, 5.41) is 19.1. The first kappa shape index (κ1) is 12.9. The minimum absolute atomic E-state index is 0.0770. The summed E-state index contributed by atoms with van der Waals surface area (Å²) in [5.41, 5.74) is 1.76. The highest BCUT2D eigenvalue weighted by Gasteiger charge is 2.19. The molecule has 0 atom stereocenters. The summed E-state index contributed by atoms with van der Waals surface area (Å²) in [6.07, 6.45) is 0. The molecular weight excluding hydrogens is 272 g/mol. The first-order valence-electron chi connectivity index (χ1n) is 6.18. The van der Waals surface area contributed by atoms with Crippen LogP contribution in [0.1, 0.15) is 17.3 Å². The third-order valence-corrected chi connectivity index (χ3v) is 3.15. The Bertz CT molecular complexity index is 870. The van der Waals surface area contributed by atoms with Crippen LogP contribution < -0.4 is 0 Å². The van der Waals surface area contributed by atoms with Crippen LogP contribution in [0, 0.1) is 10.1 Å². The molecule has 0 aliphatic carbocycles. The van der Waals surface area contributed by atoms with E-state index in [-0.39, 0.29) is 17.0 Å². The maximum Gasteiger partial charge on any atom is 0.282 e. The van der Waals surface area contributed by atoms with Crippen LogP contribution in [0.4, 0.5) is 5.69 Å². The zero-order chi connectivity index (χ0) is 15.0. The zero-order valence-corrected chi connectivity index (χ0v) is 11.1. The molecule has 0 unspecified atom stereocenters. The van der Waals surface area contributed by atoms with E-state index in [0.29, 0.717) is 11.2 Å². The van der Waals surface area contributed by atoms with E-state index in [0.717, 1.165) is 5.52 Å². The number of fused-ring (bicyclic) bond motifs is 1. The molecule has 3 rings (SSSR count). The van der Waals surface area contributed by atoms with Gasteiger partial charge >= 0.3 is 0 Å². The Kier molecular flexibility index (Phi) is 2.94. The second-order valence-electron chi connectivity index (χ2n) is 4.50. The lowest BCUT2D eigenvalue weighted by Crippen LogP contribution is -2.03. The number of aromatic nitrogens is 3. The van der Waals surface area contributed by atoms with Crippen molar-refractivity contribution in [1.29, 1.82) is 0 Å². The highest BCUT2D eigenvalue weighted by atomic mass is 16.6. The van der Waals surface area contributed by atoms with Crippen LogP contribution in [0.15, 0.2) is 42.5 Å². The molecule has 0 saturated carbocycles. The fourth-order valence-electron chi connectivity index (χ4n) is 2.16. The van der Waals surface area contributed by atoms with Gasteiger partial charge in [-0.25, -0.2) is 4.68 Å². The van der Waals surface area contributed by atoms with Crippen LogP contribution >= 0.6 is 0 Å². The molecule has 104 valence electrons. The molecule has 0 spiro atoms. The molecule has 0 aliphatic rings. The van der Waals surface area contributed by atoms with E-state index in [1.807, 2.05) is 18.2 Å². The van der Waals surface area contributed by atoms with Crippen LogP contribution in [-0.4, -0.2) is 25.7 Å². The van der Waals surface area contributed by atoms with Crippen molar-refractivity contribution in [1.82, 2.24) is 15.0 Å². The highest BCUT2D eigenvalue weighted by molar-refractivity contribution is 5.98. The number of hydrogen-bond donors (Lipinski definition) is 0. The number of carbonyl (C=O) groups excluding carboxylic acids is 1. The molecule has 0 radical (unpaired) electrons. The number of nitro benzene ring substituents is 1. The molecule has 0 fully saturated rings. The molecule has 21 heavy (non-hydrogen) atoms. The molecule has 7 heteroatoms. The zero-order valence-electron chi connectivity index (χ0n) is 11.1. The first-order chi connectivity index (χ1) is 10.1. The number of hydrogen-bond acceptors (Lipinski definition) is 5. The average molecular weight is 282 g/mol. The molecule has 0 aliphatic heterocycles. The molecular formula is C14H10N4O3. The van der Waals surface area contributed by atoms with Crippen molar-refractivity contribution >= 4 is 22.5 Å². The smallest absolute Gasteiger partial charge is 0.282 e. The van der Waals surface area contributed by atoms with Crippen molar-refractivity contribution < 1.29 is 9.72 Å². The fraction of sp³-hybridized carbons (Fsp3) is 0.0714. The van der Waals surface area contributed by atoms with Gasteiger partial charge in [0.05, 0.1) is 21.7 Å². The summed E-state index contributed by atoms with van der Waals surface area (Å²) >= 11 is 0. The Morgan fingerprint density at radius 1 is 1.24 bits per heavy atom. The lowest BCUT2D eigenvalue weighted by atomic mass is 10.1. The SMILES string of the molecule is CC(=O)c1ccc(-n2nnc3ccccc32)cc1[N+](=O)[O-]. The van der Waals surface area contributed by atoms with Crippen molar-refractivity contribution in [3.05, 3.63) is 58.1 Å². The second kappa shape index (κ2) is 4.78. The number of para-hydroxylation sites is 1. The van der Waals surface area contributed by atoms with Crippen molar-refractivity contribution in [3.8, 4) is 5.69 Å². The van der Waals surface area contributed by atoms with E-state index in [4.69, 9.17) is 0 Å². The van der Waals surface area contributed by atoms with Crippen molar-refractivity contribution in [2.24, 2.45) is 0 Å². The van der Waals surface area contributed by atoms with Crippen LogP contribution in [0.3, 0.4) is 0 Å². The first-order valence-corrected chi connectivity index (χ1v) is 6.18. The van der Waals surface area contributed by atoms with Crippen molar-refractivity contribution in [3.63, 3.8) is 0 Å². The van der Waals surface area contributed by atoms with Crippen LogP contribution in [-0.2, 0) is 0 Å². The predicted molar refractivity (Wildman–Crippen MR) is 75.5 cm³/mol. The largest absolute Gasteiger partial charge is 0.294 e. The lowest BCUT2D eigenvalue weighted by molar-refractivity contribution is -0.385. The summed E-state index contributed by atoms with van der Waals surface area (Å²) in [7, 11) is 0. The van der Waals surface area contributed by atoms with E-state index in [9.17, 15) is 14.9 Å². The minimum atomic E-state index is -0.570. The molecule has 0 bridgehead atoms. The van der Waals surface area contributed by atoms with E-state index in [2.05, 4.69) is 10.3 Å². The Morgan fingerprint density at radius 2 is 2.00 bits per heavy atom. The standard InChI is InChI=1S/C14H10N4O3/c1-9(19)11-7-6-10(8-14(11)18(20)21)17-13-5-3-2-4-12(13)15-16-17/h2-8H,1H3. The van der Waals surface area contributed by atoms with Gasteiger partial charge in [-0.15, -0.1) is 5.10 Å². The Balaban J connectivity index is 2.22. The number of nitrogens with zero attached hydrogens (tertiary/aromatic N) is 4. The van der Waals surface area contributed by atoms with Gasteiger partial charge in [-0.05, 0) is 31.2 Å². The van der Waals surface area contributed by atoms with Crippen molar-refractivity contribution in [2.45, 2.75) is 6.92 Å². The van der Waals surface area contributed by atoms with Gasteiger partial charge in [0.2, 0.25) is 0 Å². The highest BCUT2D eigenvalue weighted by Crippen LogP contribution is 2.24. The number of carbonyl (C=O) groups is 1. The van der Waals surface area contributed by atoms with Crippen molar-refractivity contribution in [2.75, 3.05) is 0 Å². The number of Topliss-reactive ketones (excluding diaryl/α,β-unsaturated/α-hetero) is 1. The van der Waals surface area contributed by atoms with E-state index in [1.54, 1.807) is 12.1 Å². The van der Waals surface area contributed by atoms with Gasteiger partial charge in [0.15, 0.2) is 5.78 Å². The number of ketones is 1. The maximum atomic E-state index is 11.4. The second-order valence-corrected chi connectivity index (χ2v) is 4.50. The topological polar surface area (TPSA) is 90.9 Å². The average Bonchev–Trinajstić information content (AvgIpc) is 2.90. The summed E-state index contributed by atoms with van der Waals surface area (Å²) in [6, 6.07) is 11.7. The molecule has 2 aromatic carbocycles. The number of benzene rings is 2.